The van der Waals surface area contributed by atoms with Crippen molar-refractivity contribution in [2.24, 2.45) is 0 Å². The predicted molar refractivity (Wildman–Crippen MR) is 96.6 cm³/mol. The van der Waals surface area contributed by atoms with Gasteiger partial charge >= 0.3 is 0 Å². The van der Waals surface area contributed by atoms with Gasteiger partial charge in [-0.05, 0) is 61.9 Å². The Morgan fingerprint density at radius 1 is 1.08 bits per heavy atom. The number of hydrogen-bond donors (Lipinski definition) is 2. The SMILES string of the molecule is Cc1[nH]c2ccc(C(=O)NS(=O)(=O)c3ccc(Br)cc3)cc2c1C. The molecule has 0 aliphatic carbocycles. The lowest BCUT2D eigenvalue weighted by atomic mass is 10.1. The van der Waals surface area contributed by atoms with Crippen LogP contribution in [0.25, 0.3) is 10.9 Å². The number of hydrogen-bond acceptors (Lipinski definition) is 3. The second-order valence-electron chi connectivity index (χ2n) is 5.52. The van der Waals surface area contributed by atoms with E-state index < -0.39 is 15.9 Å². The zero-order valence-corrected chi connectivity index (χ0v) is 15.5. The second-order valence-corrected chi connectivity index (χ2v) is 8.12. The van der Waals surface area contributed by atoms with Crippen LogP contribution in [0.2, 0.25) is 0 Å². The number of rotatable bonds is 3. The molecular weight excluding hydrogens is 392 g/mol. The van der Waals surface area contributed by atoms with Gasteiger partial charge in [0.15, 0.2) is 0 Å². The van der Waals surface area contributed by atoms with Crippen molar-refractivity contribution in [3.63, 3.8) is 0 Å². The third kappa shape index (κ3) is 3.09. The molecule has 0 bridgehead atoms. The van der Waals surface area contributed by atoms with Crippen molar-refractivity contribution >= 4 is 42.8 Å². The Morgan fingerprint density at radius 3 is 2.42 bits per heavy atom. The number of aryl methyl sites for hydroxylation is 2. The van der Waals surface area contributed by atoms with E-state index in [1.165, 1.54) is 12.1 Å². The highest BCUT2D eigenvalue weighted by Gasteiger charge is 2.19. The number of benzene rings is 2. The van der Waals surface area contributed by atoms with Crippen LogP contribution in [0.1, 0.15) is 21.6 Å². The molecule has 7 heteroatoms. The summed E-state index contributed by atoms with van der Waals surface area (Å²) in [5.41, 5.74) is 3.27. The number of carbonyl (C=O) groups excluding carboxylic acids is 1. The zero-order valence-electron chi connectivity index (χ0n) is 13.1. The first kappa shape index (κ1) is 16.7. The fourth-order valence-corrected chi connectivity index (χ4v) is 3.69. The Morgan fingerprint density at radius 2 is 1.75 bits per heavy atom. The Bertz CT molecular complexity index is 1040. The highest BCUT2D eigenvalue weighted by molar-refractivity contribution is 9.10. The minimum atomic E-state index is -3.91. The summed E-state index contributed by atoms with van der Waals surface area (Å²) in [5, 5.41) is 0.904. The monoisotopic (exact) mass is 406 g/mol. The van der Waals surface area contributed by atoms with Gasteiger partial charge < -0.3 is 4.98 Å². The van der Waals surface area contributed by atoms with Gasteiger partial charge in [0.05, 0.1) is 4.90 Å². The number of aromatic nitrogens is 1. The van der Waals surface area contributed by atoms with Crippen LogP contribution in [-0.2, 0) is 10.0 Å². The van der Waals surface area contributed by atoms with Gasteiger partial charge in [-0.3, -0.25) is 4.79 Å². The molecule has 5 nitrogen and oxygen atoms in total. The van der Waals surface area contributed by atoms with E-state index >= 15 is 0 Å². The second kappa shape index (κ2) is 6.07. The van der Waals surface area contributed by atoms with Crippen molar-refractivity contribution in [1.82, 2.24) is 9.71 Å². The van der Waals surface area contributed by atoms with Crippen molar-refractivity contribution in [1.29, 1.82) is 0 Å². The predicted octanol–water partition coefficient (Wildman–Crippen LogP) is 3.67. The number of halogens is 1. The molecule has 1 aromatic heterocycles. The fourth-order valence-electron chi connectivity index (χ4n) is 2.46. The van der Waals surface area contributed by atoms with Gasteiger partial charge in [-0.15, -0.1) is 0 Å². The minimum Gasteiger partial charge on any atom is -0.358 e. The first-order valence-electron chi connectivity index (χ1n) is 7.19. The Labute approximate surface area is 148 Å². The van der Waals surface area contributed by atoms with Gasteiger partial charge in [0.2, 0.25) is 0 Å². The van der Waals surface area contributed by atoms with Gasteiger partial charge in [-0.2, -0.15) is 0 Å². The number of amides is 1. The van der Waals surface area contributed by atoms with Gasteiger partial charge in [0.1, 0.15) is 0 Å². The van der Waals surface area contributed by atoms with Crippen LogP contribution in [0.5, 0.6) is 0 Å². The van der Waals surface area contributed by atoms with Crippen molar-refractivity contribution in [2.45, 2.75) is 18.7 Å². The molecule has 3 rings (SSSR count). The lowest BCUT2D eigenvalue weighted by Gasteiger charge is -2.07. The van der Waals surface area contributed by atoms with Crippen LogP contribution in [-0.4, -0.2) is 19.3 Å². The van der Waals surface area contributed by atoms with Crippen molar-refractivity contribution in [3.05, 3.63) is 63.8 Å². The van der Waals surface area contributed by atoms with Gasteiger partial charge in [0.25, 0.3) is 15.9 Å². The number of nitrogens with one attached hydrogen (secondary N) is 2. The maximum Gasteiger partial charge on any atom is 0.265 e. The van der Waals surface area contributed by atoms with Crippen molar-refractivity contribution in [3.8, 4) is 0 Å². The van der Waals surface area contributed by atoms with Crippen LogP contribution >= 0.6 is 15.9 Å². The van der Waals surface area contributed by atoms with Crippen LogP contribution in [0.3, 0.4) is 0 Å². The molecule has 0 fully saturated rings. The summed E-state index contributed by atoms with van der Waals surface area (Å²) in [4.78, 5) is 15.6. The molecule has 24 heavy (non-hydrogen) atoms. The number of fused-ring (bicyclic) bond motifs is 1. The fraction of sp³-hybridized carbons (Fsp3) is 0.118. The number of carbonyl (C=O) groups is 1. The van der Waals surface area contributed by atoms with Gasteiger partial charge in [-0.25, -0.2) is 13.1 Å². The summed E-state index contributed by atoms with van der Waals surface area (Å²) >= 11 is 3.25. The Kier molecular flexibility index (Phi) is 4.23. The number of H-pyrrole nitrogens is 1. The summed E-state index contributed by atoms with van der Waals surface area (Å²) in [6.07, 6.45) is 0. The van der Waals surface area contributed by atoms with E-state index in [1.807, 2.05) is 13.8 Å². The van der Waals surface area contributed by atoms with Crippen LogP contribution in [0, 0.1) is 13.8 Å². The van der Waals surface area contributed by atoms with E-state index in [0.29, 0.717) is 5.56 Å². The molecular formula is C17H15BrN2O3S. The van der Waals surface area contributed by atoms with Crippen LogP contribution in [0.4, 0.5) is 0 Å². The molecule has 3 aromatic rings. The summed E-state index contributed by atoms with van der Waals surface area (Å²) in [5.74, 6) is -0.655. The molecule has 0 saturated heterocycles. The molecule has 2 aromatic carbocycles. The number of sulfonamides is 1. The molecule has 0 aliphatic heterocycles. The molecule has 0 spiro atoms. The first-order chi connectivity index (χ1) is 11.3. The average Bonchev–Trinajstić information content (AvgIpc) is 2.81. The van der Waals surface area contributed by atoms with Crippen LogP contribution in [0.15, 0.2) is 51.8 Å². The summed E-state index contributed by atoms with van der Waals surface area (Å²) in [6.45, 7) is 3.90. The Balaban J connectivity index is 1.91. The van der Waals surface area contributed by atoms with E-state index in [-0.39, 0.29) is 4.90 Å². The Hall–Kier alpha value is -2.12. The van der Waals surface area contributed by atoms with E-state index in [2.05, 4.69) is 25.6 Å². The number of aromatic amines is 1. The van der Waals surface area contributed by atoms with E-state index in [0.717, 1.165) is 26.6 Å². The maximum atomic E-state index is 12.4. The molecule has 0 unspecified atom stereocenters. The highest BCUT2D eigenvalue weighted by atomic mass is 79.9. The van der Waals surface area contributed by atoms with Crippen molar-refractivity contribution < 1.29 is 13.2 Å². The molecule has 2 N–H and O–H groups in total. The van der Waals surface area contributed by atoms with Crippen LogP contribution < -0.4 is 4.72 Å². The average molecular weight is 407 g/mol. The smallest absolute Gasteiger partial charge is 0.265 e. The highest BCUT2D eigenvalue weighted by Crippen LogP contribution is 2.22. The molecule has 1 heterocycles. The molecule has 1 amide bonds. The molecule has 0 radical (unpaired) electrons. The normalized spacial score (nSPS) is 11.6. The lowest BCUT2D eigenvalue weighted by molar-refractivity contribution is 0.0981. The topological polar surface area (TPSA) is 79.0 Å². The molecule has 0 saturated carbocycles. The van der Waals surface area contributed by atoms with E-state index in [9.17, 15) is 13.2 Å². The third-order valence-corrected chi connectivity index (χ3v) is 5.80. The van der Waals surface area contributed by atoms with E-state index in [4.69, 9.17) is 0 Å². The zero-order chi connectivity index (χ0) is 17.5. The summed E-state index contributed by atoms with van der Waals surface area (Å²) in [6, 6.07) is 11.2. The van der Waals surface area contributed by atoms with E-state index in [1.54, 1.807) is 30.3 Å². The molecule has 124 valence electrons. The summed E-state index contributed by atoms with van der Waals surface area (Å²) in [7, 11) is -3.91. The lowest BCUT2D eigenvalue weighted by Crippen LogP contribution is -2.30. The van der Waals surface area contributed by atoms with Gasteiger partial charge in [0, 0.05) is 26.6 Å². The standard InChI is InChI=1S/C17H15BrN2O3S/c1-10-11(2)19-16-8-3-12(9-15(10)16)17(21)20-24(22,23)14-6-4-13(18)5-7-14/h3-9,19H,1-2H3,(H,20,21). The maximum absolute atomic E-state index is 12.4. The molecule has 0 aliphatic rings. The van der Waals surface area contributed by atoms with Gasteiger partial charge in [-0.1, -0.05) is 15.9 Å². The molecule has 0 atom stereocenters. The quantitative estimate of drug-likeness (QED) is 0.696. The summed E-state index contributed by atoms with van der Waals surface area (Å²) < 4.78 is 27.5. The van der Waals surface area contributed by atoms with Crippen molar-refractivity contribution in [2.75, 3.05) is 0 Å². The third-order valence-electron chi connectivity index (χ3n) is 3.92. The first-order valence-corrected chi connectivity index (χ1v) is 9.47. The minimum absolute atomic E-state index is 0.0359. The largest absolute Gasteiger partial charge is 0.358 e.